The molecule has 4 aromatic rings. The maximum Gasteiger partial charge on any atom is 0.269 e. The first-order valence-electron chi connectivity index (χ1n) is 10.7. The van der Waals surface area contributed by atoms with Gasteiger partial charge in [0.15, 0.2) is 11.5 Å². The third-order valence-electron chi connectivity index (χ3n) is 5.37. The molecular weight excluding hydrogens is 444 g/mol. The standard InChI is InChI=1S/C27H22N4O4/c1-17-9-4-5-11-21(17)29-25(32)19(16-28)15-20-26(35-23-13-7-6-12-22(23)34-3)30-24-18(2)10-8-14-31(24)27(20)33/h4-15H,1-3H3,(H,29,32)/b19-15-. The van der Waals surface area contributed by atoms with E-state index in [9.17, 15) is 14.9 Å². The zero-order chi connectivity index (χ0) is 24.9. The number of carbonyl (C=O) groups excluding carboxylic acids is 1. The molecule has 0 unspecified atom stereocenters. The molecule has 2 aromatic carbocycles. The van der Waals surface area contributed by atoms with Gasteiger partial charge < -0.3 is 14.8 Å². The summed E-state index contributed by atoms with van der Waals surface area (Å²) in [5.41, 5.74) is 1.74. The van der Waals surface area contributed by atoms with Crippen LogP contribution >= 0.6 is 0 Å². The summed E-state index contributed by atoms with van der Waals surface area (Å²) in [6.07, 6.45) is 2.77. The number of pyridine rings is 1. The molecule has 174 valence electrons. The van der Waals surface area contributed by atoms with Crippen LogP contribution in [0.15, 0.2) is 77.2 Å². The van der Waals surface area contributed by atoms with Crippen molar-refractivity contribution in [2.24, 2.45) is 0 Å². The first-order chi connectivity index (χ1) is 16.9. The van der Waals surface area contributed by atoms with E-state index in [4.69, 9.17) is 9.47 Å². The van der Waals surface area contributed by atoms with Gasteiger partial charge in [0.1, 0.15) is 22.9 Å². The number of nitriles is 1. The van der Waals surface area contributed by atoms with Crippen molar-refractivity contribution >= 4 is 23.3 Å². The van der Waals surface area contributed by atoms with Gasteiger partial charge in [-0.25, -0.2) is 0 Å². The van der Waals surface area contributed by atoms with Crippen LogP contribution in [-0.4, -0.2) is 22.4 Å². The Morgan fingerprint density at radius 1 is 1.03 bits per heavy atom. The molecule has 0 aliphatic rings. The second-order valence-electron chi connectivity index (χ2n) is 7.71. The van der Waals surface area contributed by atoms with E-state index in [0.29, 0.717) is 22.8 Å². The molecule has 4 rings (SSSR count). The van der Waals surface area contributed by atoms with Gasteiger partial charge in [0.2, 0.25) is 5.88 Å². The number of aromatic nitrogens is 2. The number of hydrogen-bond acceptors (Lipinski definition) is 6. The molecular formula is C27H22N4O4. The molecule has 0 atom stereocenters. The number of nitrogens with one attached hydrogen (secondary N) is 1. The Labute approximate surface area is 201 Å². The van der Waals surface area contributed by atoms with Gasteiger partial charge in [-0.1, -0.05) is 36.4 Å². The zero-order valence-corrected chi connectivity index (χ0v) is 19.4. The number of anilines is 1. The molecule has 2 aromatic heterocycles. The predicted molar refractivity (Wildman–Crippen MR) is 133 cm³/mol. The van der Waals surface area contributed by atoms with Gasteiger partial charge in [0, 0.05) is 11.9 Å². The van der Waals surface area contributed by atoms with Crippen molar-refractivity contribution in [3.63, 3.8) is 0 Å². The quantitative estimate of drug-likeness (QED) is 0.327. The highest BCUT2D eigenvalue weighted by atomic mass is 16.5. The van der Waals surface area contributed by atoms with E-state index < -0.39 is 11.5 Å². The van der Waals surface area contributed by atoms with E-state index >= 15 is 0 Å². The lowest BCUT2D eigenvalue weighted by Crippen LogP contribution is -2.21. The van der Waals surface area contributed by atoms with E-state index in [2.05, 4.69) is 10.3 Å². The summed E-state index contributed by atoms with van der Waals surface area (Å²) < 4.78 is 12.7. The van der Waals surface area contributed by atoms with Crippen LogP contribution in [0.25, 0.3) is 11.7 Å². The predicted octanol–water partition coefficient (Wildman–Crippen LogP) is 4.66. The van der Waals surface area contributed by atoms with E-state index in [1.165, 1.54) is 17.6 Å². The summed E-state index contributed by atoms with van der Waals surface area (Å²) in [7, 11) is 1.50. The molecule has 0 bridgehead atoms. The molecule has 8 nitrogen and oxygen atoms in total. The van der Waals surface area contributed by atoms with Crippen molar-refractivity contribution in [2.75, 3.05) is 12.4 Å². The lowest BCUT2D eigenvalue weighted by atomic mass is 10.1. The number of hydrogen-bond donors (Lipinski definition) is 1. The third-order valence-corrected chi connectivity index (χ3v) is 5.37. The molecule has 1 N–H and O–H groups in total. The van der Waals surface area contributed by atoms with Crippen molar-refractivity contribution in [1.29, 1.82) is 5.26 Å². The molecule has 1 amide bonds. The Bertz CT molecular complexity index is 1560. The highest BCUT2D eigenvalue weighted by Gasteiger charge is 2.19. The van der Waals surface area contributed by atoms with E-state index in [1.807, 2.05) is 38.1 Å². The Morgan fingerprint density at radius 3 is 2.43 bits per heavy atom. The second-order valence-corrected chi connectivity index (χ2v) is 7.71. The largest absolute Gasteiger partial charge is 0.493 e. The molecule has 0 aliphatic heterocycles. The van der Waals surface area contributed by atoms with Gasteiger partial charge in [-0.2, -0.15) is 10.2 Å². The molecule has 0 spiro atoms. The summed E-state index contributed by atoms with van der Waals surface area (Å²) in [4.78, 5) is 30.9. The first-order valence-corrected chi connectivity index (χ1v) is 10.7. The van der Waals surface area contributed by atoms with Crippen molar-refractivity contribution in [2.45, 2.75) is 13.8 Å². The molecule has 0 saturated heterocycles. The van der Waals surface area contributed by atoms with Gasteiger partial charge in [-0.15, -0.1) is 0 Å². The second kappa shape index (κ2) is 9.93. The number of benzene rings is 2. The van der Waals surface area contributed by atoms with Crippen LogP contribution in [0.1, 0.15) is 16.7 Å². The minimum atomic E-state index is -0.654. The van der Waals surface area contributed by atoms with Gasteiger partial charge >= 0.3 is 0 Å². The third kappa shape index (κ3) is 4.75. The fraction of sp³-hybridized carbons (Fsp3) is 0.111. The van der Waals surface area contributed by atoms with Gasteiger partial charge in [0.05, 0.1) is 7.11 Å². The van der Waals surface area contributed by atoms with Gasteiger partial charge in [-0.05, 0) is 55.3 Å². The molecule has 2 heterocycles. The molecule has 0 radical (unpaired) electrons. The van der Waals surface area contributed by atoms with Gasteiger partial charge in [0.25, 0.3) is 11.5 Å². The number of fused-ring (bicyclic) bond motifs is 1. The topological polar surface area (TPSA) is 106 Å². The summed E-state index contributed by atoms with van der Waals surface area (Å²) in [6, 6.07) is 19.5. The van der Waals surface area contributed by atoms with Gasteiger partial charge in [-0.3, -0.25) is 14.0 Å². The summed E-state index contributed by atoms with van der Waals surface area (Å²) in [5.74, 6) is 0.0633. The molecule has 0 saturated carbocycles. The van der Waals surface area contributed by atoms with Crippen LogP contribution in [0.4, 0.5) is 5.69 Å². The number of rotatable bonds is 6. The van der Waals surface area contributed by atoms with Crippen molar-refractivity contribution in [3.05, 3.63) is 99.5 Å². The van der Waals surface area contributed by atoms with Crippen LogP contribution in [-0.2, 0) is 4.79 Å². The maximum absolute atomic E-state index is 13.5. The SMILES string of the molecule is COc1ccccc1Oc1nc2c(C)cccn2c(=O)c1/C=C(/C#N)C(=O)Nc1ccccc1C. The summed E-state index contributed by atoms with van der Waals surface area (Å²) in [5, 5.41) is 12.5. The Hall–Kier alpha value is -4.90. The number of methoxy groups -OCH3 is 1. The number of amides is 1. The molecule has 0 aliphatic carbocycles. The Balaban J connectivity index is 1.86. The van der Waals surface area contributed by atoms with E-state index in [-0.39, 0.29) is 17.0 Å². The number of nitrogens with zero attached hydrogens (tertiary/aromatic N) is 3. The highest BCUT2D eigenvalue weighted by Crippen LogP contribution is 2.32. The number of ether oxygens (including phenoxy) is 2. The van der Waals surface area contributed by atoms with Crippen LogP contribution in [0.3, 0.4) is 0 Å². The van der Waals surface area contributed by atoms with Crippen LogP contribution in [0, 0.1) is 25.2 Å². The maximum atomic E-state index is 13.5. The minimum absolute atomic E-state index is 0.0458. The van der Waals surface area contributed by atoms with Crippen molar-refractivity contribution in [1.82, 2.24) is 9.38 Å². The fourth-order valence-electron chi connectivity index (χ4n) is 3.50. The molecule has 0 fully saturated rings. The first kappa shape index (κ1) is 23.3. The smallest absolute Gasteiger partial charge is 0.269 e. The van der Waals surface area contributed by atoms with E-state index in [0.717, 1.165) is 11.1 Å². The summed E-state index contributed by atoms with van der Waals surface area (Å²) >= 11 is 0. The number of aryl methyl sites for hydroxylation is 2. The molecule has 8 heteroatoms. The Kier molecular flexibility index (Phi) is 6.60. The average Bonchev–Trinajstić information content (AvgIpc) is 2.86. The normalized spacial score (nSPS) is 11.1. The lowest BCUT2D eigenvalue weighted by Gasteiger charge is -2.13. The lowest BCUT2D eigenvalue weighted by molar-refractivity contribution is -0.112. The van der Waals surface area contributed by atoms with Crippen molar-refractivity contribution in [3.8, 4) is 23.4 Å². The Morgan fingerprint density at radius 2 is 1.71 bits per heavy atom. The van der Waals surface area contributed by atoms with Crippen LogP contribution in [0.5, 0.6) is 17.4 Å². The summed E-state index contributed by atoms with van der Waals surface area (Å²) in [6.45, 7) is 3.66. The van der Waals surface area contributed by atoms with Crippen LogP contribution < -0.4 is 20.3 Å². The average molecular weight is 466 g/mol. The van der Waals surface area contributed by atoms with Crippen LogP contribution in [0.2, 0.25) is 0 Å². The minimum Gasteiger partial charge on any atom is -0.493 e. The van der Waals surface area contributed by atoms with Crippen molar-refractivity contribution < 1.29 is 14.3 Å². The number of para-hydroxylation sites is 3. The molecule has 35 heavy (non-hydrogen) atoms. The fourth-order valence-corrected chi connectivity index (χ4v) is 3.50. The van der Waals surface area contributed by atoms with E-state index in [1.54, 1.807) is 48.7 Å². The monoisotopic (exact) mass is 466 g/mol. The number of carbonyl (C=O) groups is 1. The zero-order valence-electron chi connectivity index (χ0n) is 19.4. The highest BCUT2D eigenvalue weighted by molar-refractivity contribution is 6.10.